The molecule has 0 bridgehead atoms. The van der Waals surface area contributed by atoms with Crippen molar-refractivity contribution in [3.63, 3.8) is 0 Å². The van der Waals surface area contributed by atoms with Crippen molar-refractivity contribution < 1.29 is 8.42 Å². The highest BCUT2D eigenvalue weighted by Gasteiger charge is 2.33. The van der Waals surface area contributed by atoms with E-state index >= 15 is 0 Å². The first-order chi connectivity index (χ1) is 9.41. The molecule has 1 aliphatic rings. The molecule has 0 amide bonds. The molecule has 1 aliphatic carbocycles. The number of pyridine rings is 1. The Morgan fingerprint density at radius 3 is 2.75 bits per heavy atom. The third-order valence-electron chi connectivity index (χ3n) is 4.14. The first-order valence-electron chi connectivity index (χ1n) is 6.88. The van der Waals surface area contributed by atoms with Gasteiger partial charge in [0.25, 0.3) is 0 Å². The number of nitrogens with zero attached hydrogens (tertiary/aromatic N) is 1. The Morgan fingerprint density at radius 1 is 1.40 bits per heavy atom. The Hall–Kier alpha value is -0.460. The van der Waals surface area contributed by atoms with E-state index in [1.807, 2.05) is 13.2 Å². The molecule has 1 heterocycles. The molecule has 1 aromatic heterocycles. The highest BCUT2D eigenvalue weighted by atomic mass is 79.9. The number of aromatic nitrogens is 1. The van der Waals surface area contributed by atoms with Crippen LogP contribution in [0.5, 0.6) is 0 Å². The fourth-order valence-corrected chi connectivity index (χ4v) is 4.72. The molecule has 6 heteroatoms. The van der Waals surface area contributed by atoms with Crippen LogP contribution in [0.3, 0.4) is 0 Å². The van der Waals surface area contributed by atoms with Gasteiger partial charge in [-0.3, -0.25) is 4.98 Å². The Morgan fingerprint density at radius 2 is 2.15 bits per heavy atom. The second-order valence-electron chi connectivity index (χ2n) is 5.58. The van der Waals surface area contributed by atoms with Crippen LogP contribution in [-0.2, 0) is 9.84 Å². The van der Waals surface area contributed by atoms with Gasteiger partial charge in [-0.2, -0.15) is 0 Å². The lowest BCUT2D eigenvalue weighted by atomic mass is 9.81. The molecule has 20 heavy (non-hydrogen) atoms. The molecule has 0 radical (unpaired) electrons. The van der Waals surface area contributed by atoms with Gasteiger partial charge in [-0.1, -0.05) is 6.42 Å². The molecule has 0 spiro atoms. The van der Waals surface area contributed by atoms with Crippen LogP contribution in [0.15, 0.2) is 22.9 Å². The molecule has 3 atom stereocenters. The van der Waals surface area contributed by atoms with Crippen molar-refractivity contribution in [2.24, 2.45) is 5.92 Å². The van der Waals surface area contributed by atoms with Crippen molar-refractivity contribution in [1.82, 2.24) is 10.3 Å². The Kier molecular flexibility index (Phi) is 5.20. The van der Waals surface area contributed by atoms with Crippen molar-refractivity contribution in [2.45, 2.75) is 37.0 Å². The van der Waals surface area contributed by atoms with E-state index in [9.17, 15) is 8.42 Å². The maximum atomic E-state index is 11.8. The predicted octanol–water partition coefficient (Wildman–Crippen LogP) is 2.71. The Balaban J connectivity index is 2.19. The van der Waals surface area contributed by atoms with E-state index in [0.29, 0.717) is 5.92 Å². The summed E-state index contributed by atoms with van der Waals surface area (Å²) in [4.78, 5) is 4.21. The molecule has 4 nitrogen and oxygen atoms in total. The molecule has 0 aliphatic heterocycles. The van der Waals surface area contributed by atoms with Crippen LogP contribution in [0.1, 0.15) is 37.3 Å². The average molecular weight is 361 g/mol. The normalized spacial score (nSPS) is 25.4. The molecule has 3 unspecified atom stereocenters. The van der Waals surface area contributed by atoms with Crippen LogP contribution >= 0.6 is 15.9 Å². The van der Waals surface area contributed by atoms with Gasteiger partial charge in [0.2, 0.25) is 0 Å². The van der Waals surface area contributed by atoms with E-state index in [2.05, 4.69) is 32.3 Å². The quantitative estimate of drug-likeness (QED) is 0.896. The third kappa shape index (κ3) is 3.80. The monoisotopic (exact) mass is 360 g/mol. The van der Waals surface area contributed by atoms with Crippen molar-refractivity contribution in [3.8, 4) is 0 Å². The average Bonchev–Trinajstić information content (AvgIpc) is 2.39. The van der Waals surface area contributed by atoms with Gasteiger partial charge in [-0.15, -0.1) is 0 Å². The van der Waals surface area contributed by atoms with Gasteiger partial charge >= 0.3 is 0 Å². The maximum Gasteiger partial charge on any atom is 0.150 e. The van der Waals surface area contributed by atoms with Crippen LogP contribution in [0.4, 0.5) is 0 Å². The van der Waals surface area contributed by atoms with Gasteiger partial charge in [0, 0.05) is 29.2 Å². The topological polar surface area (TPSA) is 59.1 Å². The van der Waals surface area contributed by atoms with Crippen LogP contribution < -0.4 is 5.32 Å². The van der Waals surface area contributed by atoms with Crippen molar-refractivity contribution in [2.75, 3.05) is 13.3 Å². The number of nitrogens with one attached hydrogen (secondary N) is 1. The molecular weight excluding hydrogens is 340 g/mol. The standard InChI is InChI=1S/C14H21BrN2O2S/c1-16-14(11-6-12(15)9-17-8-11)10-4-3-5-13(7-10)20(2,18)19/h6,8-10,13-14,16H,3-5,7H2,1-2H3. The van der Waals surface area contributed by atoms with Crippen LogP contribution in [0.25, 0.3) is 0 Å². The van der Waals surface area contributed by atoms with E-state index in [1.54, 1.807) is 6.20 Å². The molecule has 112 valence electrons. The summed E-state index contributed by atoms with van der Waals surface area (Å²) in [5, 5.41) is 3.13. The Bertz CT molecular complexity index is 562. The molecule has 2 rings (SSSR count). The van der Waals surface area contributed by atoms with E-state index in [4.69, 9.17) is 0 Å². The van der Waals surface area contributed by atoms with Gasteiger partial charge in [0.15, 0.2) is 0 Å². The number of halogens is 1. The van der Waals surface area contributed by atoms with Gasteiger partial charge < -0.3 is 5.32 Å². The molecule has 1 aromatic rings. The van der Waals surface area contributed by atoms with Crippen molar-refractivity contribution in [1.29, 1.82) is 0 Å². The maximum absolute atomic E-state index is 11.8. The number of hydrogen-bond acceptors (Lipinski definition) is 4. The molecule has 1 N–H and O–H groups in total. The minimum Gasteiger partial charge on any atom is -0.313 e. The smallest absolute Gasteiger partial charge is 0.150 e. The summed E-state index contributed by atoms with van der Waals surface area (Å²) < 4.78 is 24.5. The zero-order chi connectivity index (χ0) is 14.8. The number of sulfone groups is 1. The van der Waals surface area contributed by atoms with Crippen LogP contribution in [0.2, 0.25) is 0 Å². The SMILES string of the molecule is CNC(c1cncc(Br)c1)C1CCCC(S(C)(=O)=O)C1. The summed E-state index contributed by atoms with van der Waals surface area (Å²) in [6.45, 7) is 0. The number of hydrogen-bond donors (Lipinski definition) is 1. The van der Waals surface area contributed by atoms with Gasteiger partial charge in [-0.05, 0) is 59.8 Å². The molecule has 0 saturated heterocycles. The van der Waals surface area contributed by atoms with Crippen molar-refractivity contribution in [3.05, 3.63) is 28.5 Å². The highest BCUT2D eigenvalue weighted by molar-refractivity contribution is 9.10. The third-order valence-corrected chi connectivity index (χ3v) is 6.21. The molecule has 0 aromatic carbocycles. The fourth-order valence-electron chi connectivity index (χ4n) is 3.15. The molecule has 1 saturated carbocycles. The summed E-state index contributed by atoms with van der Waals surface area (Å²) in [7, 11) is -1.02. The number of rotatable bonds is 4. The van der Waals surface area contributed by atoms with E-state index < -0.39 is 9.84 Å². The van der Waals surface area contributed by atoms with Crippen molar-refractivity contribution >= 4 is 25.8 Å². The Labute approximate surface area is 129 Å². The second kappa shape index (κ2) is 6.54. The summed E-state index contributed by atoms with van der Waals surface area (Å²) in [5.74, 6) is 0.338. The fraction of sp³-hybridized carbons (Fsp3) is 0.643. The summed E-state index contributed by atoms with van der Waals surface area (Å²) in [6, 6.07) is 2.21. The van der Waals surface area contributed by atoms with Gasteiger partial charge in [-0.25, -0.2) is 8.42 Å². The lowest BCUT2D eigenvalue weighted by Gasteiger charge is -2.34. The second-order valence-corrected chi connectivity index (χ2v) is 8.82. The predicted molar refractivity (Wildman–Crippen MR) is 84.3 cm³/mol. The first-order valence-corrected chi connectivity index (χ1v) is 9.63. The van der Waals surface area contributed by atoms with Gasteiger partial charge in [0.05, 0.1) is 5.25 Å². The lowest BCUT2D eigenvalue weighted by Crippen LogP contribution is -2.34. The highest BCUT2D eigenvalue weighted by Crippen LogP contribution is 2.36. The van der Waals surface area contributed by atoms with E-state index in [1.165, 1.54) is 6.26 Å². The summed E-state index contributed by atoms with van der Waals surface area (Å²) >= 11 is 3.44. The lowest BCUT2D eigenvalue weighted by molar-refractivity contribution is 0.282. The summed E-state index contributed by atoms with van der Waals surface area (Å²) in [6.07, 6.45) is 8.53. The molecule has 1 fully saturated rings. The minimum atomic E-state index is -2.94. The van der Waals surface area contributed by atoms with Crippen LogP contribution in [0, 0.1) is 5.92 Å². The zero-order valence-corrected chi connectivity index (χ0v) is 14.2. The largest absolute Gasteiger partial charge is 0.313 e. The summed E-state index contributed by atoms with van der Waals surface area (Å²) in [5.41, 5.74) is 1.11. The van der Waals surface area contributed by atoms with E-state index in [0.717, 1.165) is 35.7 Å². The minimum absolute atomic E-state index is 0.157. The van der Waals surface area contributed by atoms with Crippen LogP contribution in [-0.4, -0.2) is 32.0 Å². The first kappa shape index (κ1) is 15.9. The van der Waals surface area contributed by atoms with E-state index in [-0.39, 0.29) is 11.3 Å². The zero-order valence-electron chi connectivity index (χ0n) is 11.8. The van der Waals surface area contributed by atoms with Gasteiger partial charge in [0.1, 0.15) is 9.84 Å². The molecular formula is C14H21BrN2O2S.